The number of nitrogens with zero attached hydrogens (tertiary/aromatic N) is 3. The molecule has 0 bridgehead atoms. The fraction of sp³-hybridized carbons (Fsp3) is 0.333. The van der Waals surface area contributed by atoms with E-state index in [4.69, 9.17) is 0 Å². The maximum Gasteiger partial charge on any atom is 0.241 e. The molecule has 0 aliphatic carbocycles. The minimum Gasteiger partial charge on any atom is -0.223 e. The van der Waals surface area contributed by atoms with Crippen LogP contribution in [0.15, 0.2) is 23.1 Å². The number of sulfonamides is 1. The average Bonchev–Trinajstić information content (AvgIpc) is 2.91. The van der Waals surface area contributed by atoms with Crippen molar-refractivity contribution in [2.45, 2.75) is 39.1 Å². The summed E-state index contributed by atoms with van der Waals surface area (Å²) in [6.07, 6.45) is 0. The first kappa shape index (κ1) is 16.1. The number of hydrogen-bond acceptors (Lipinski definition) is 5. The summed E-state index contributed by atoms with van der Waals surface area (Å²) in [5, 5.41) is 5.27. The SMILES string of the molecule is Cc1ccc(S(=O)(=O)NCc2c(C)nc3sc(C)nn23)c(C)c1. The van der Waals surface area contributed by atoms with Gasteiger partial charge in [0.2, 0.25) is 15.0 Å². The van der Waals surface area contributed by atoms with Crippen LogP contribution in [0.1, 0.15) is 27.5 Å². The highest BCUT2D eigenvalue weighted by atomic mass is 32.2. The van der Waals surface area contributed by atoms with Crippen molar-refractivity contribution in [3.63, 3.8) is 0 Å². The van der Waals surface area contributed by atoms with Crippen LogP contribution in [-0.2, 0) is 16.6 Å². The van der Waals surface area contributed by atoms with Gasteiger partial charge in [-0.1, -0.05) is 29.0 Å². The zero-order valence-electron chi connectivity index (χ0n) is 13.4. The van der Waals surface area contributed by atoms with Gasteiger partial charge in [0, 0.05) is 0 Å². The predicted molar refractivity (Wildman–Crippen MR) is 90.3 cm³/mol. The molecule has 0 saturated heterocycles. The highest BCUT2D eigenvalue weighted by Gasteiger charge is 2.19. The molecule has 1 N–H and O–H groups in total. The predicted octanol–water partition coefficient (Wildman–Crippen LogP) is 2.50. The molecule has 0 fully saturated rings. The van der Waals surface area contributed by atoms with Gasteiger partial charge in [-0.15, -0.1) is 0 Å². The fourth-order valence-electron chi connectivity index (χ4n) is 2.53. The first-order valence-electron chi connectivity index (χ1n) is 7.16. The molecule has 0 amide bonds. The van der Waals surface area contributed by atoms with E-state index in [0.29, 0.717) is 4.90 Å². The monoisotopic (exact) mass is 350 g/mol. The summed E-state index contributed by atoms with van der Waals surface area (Å²) in [6, 6.07) is 5.30. The molecule has 3 aromatic rings. The second kappa shape index (κ2) is 5.70. The molecule has 0 aliphatic rings. The third-order valence-corrected chi connectivity index (χ3v) is 6.03. The van der Waals surface area contributed by atoms with Crippen molar-refractivity contribution >= 4 is 26.3 Å². The van der Waals surface area contributed by atoms with Crippen LogP contribution in [0, 0.1) is 27.7 Å². The van der Waals surface area contributed by atoms with Crippen LogP contribution in [0.25, 0.3) is 4.96 Å². The number of imidazole rings is 1. The van der Waals surface area contributed by atoms with E-state index >= 15 is 0 Å². The van der Waals surface area contributed by atoms with Gasteiger partial charge in [-0.2, -0.15) is 5.10 Å². The molecule has 0 unspecified atom stereocenters. The largest absolute Gasteiger partial charge is 0.241 e. The van der Waals surface area contributed by atoms with Crippen LogP contribution in [-0.4, -0.2) is 23.0 Å². The van der Waals surface area contributed by atoms with Gasteiger partial charge in [0.05, 0.1) is 22.8 Å². The zero-order valence-corrected chi connectivity index (χ0v) is 15.0. The van der Waals surface area contributed by atoms with E-state index in [1.807, 2.05) is 26.8 Å². The van der Waals surface area contributed by atoms with Crippen molar-refractivity contribution in [2.24, 2.45) is 0 Å². The fourth-order valence-corrected chi connectivity index (χ4v) is 4.55. The summed E-state index contributed by atoms with van der Waals surface area (Å²) in [6.45, 7) is 7.66. The number of rotatable bonds is 4. The van der Waals surface area contributed by atoms with Crippen LogP contribution < -0.4 is 4.72 Å². The molecule has 0 atom stereocenters. The summed E-state index contributed by atoms with van der Waals surface area (Å²) >= 11 is 1.48. The van der Waals surface area contributed by atoms with Crippen LogP contribution in [0.3, 0.4) is 0 Å². The molecule has 6 nitrogen and oxygen atoms in total. The van der Waals surface area contributed by atoms with Crippen molar-refractivity contribution < 1.29 is 8.42 Å². The second-order valence-corrected chi connectivity index (χ2v) is 8.45. The zero-order chi connectivity index (χ0) is 16.8. The lowest BCUT2D eigenvalue weighted by Crippen LogP contribution is -2.25. The van der Waals surface area contributed by atoms with E-state index in [0.717, 1.165) is 32.5 Å². The number of fused-ring (bicyclic) bond motifs is 1. The van der Waals surface area contributed by atoms with E-state index in [9.17, 15) is 8.42 Å². The molecular weight excluding hydrogens is 332 g/mol. The molecule has 3 rings (SSSR count). The van der Waals surface area contributed by atoms with E-state index in [1.165, 1.54) is 11.3 Å². The Morgan fingerprint density at radius 3 is 2.65 bits per heavy atom. The van der Waals surface area contributed by atoms with Gasteiger partial charge < -0.3 is 0 Å². The van der Waals surface area contributed by atoms with E-state index in [2.05, 4.69) is 14.8 Å². The highest BCUT2D eigenvalue weighted by Crippen LogP contribution is 2.20. The summed E-state index contributed by atoms with van der Waals surface area (Å²) in [5.41, 5.74) is 3.31. The lowest BCUT2D eigenvalue weighted by molar-refractivity contribution is 0.578. The van der Waals surface area contributed by atoms with Crippen LogP contribution in [0.5, 0.6) is 0 Å². The topological polar surface area (TPSA) is 76.4 Å². The quantitative estimate of drug-likeness (QED) is 0.784. The molecule has 122 valence electrons. The summed E-state index contributed by atoms with van der Waals surface area (Å²) in [7, 11) is -3.58. The molecular formula is C15H18N4O2S2. The number of aryl methyl sites for hydroxylation is 4. The molecule has 0 saturated carbocycles. The van der Waals surface area contributed by atoms with Gasteiger partial charge in [-0.3, -0.25) is 0 Å². The normalized spacial score (nSPS) is 12.2. The first-order valence-corrected chi connectivity index (χ1v) is 9.46. The Kier molecular flexibility index (Phi) is 3.99. The molecule has 8 heteroatoms. The lowest BCUT2D eigenvalue weighted by Gasteiger charge is -2.10. The van der Waals surface area contributed by atoms with Gasteiger partial charge in [0.15, 0.2) is 0 Å². The minimum absolute atomic E-state index is 0.159. The Balaban J connectivity index is 1.90. The average molecular weight is 350 g/mol. The highest BCUT2D eigenvalue weighted by molar-refractivity contribution is 7.89. The maximum atomic E-state index is 12.6. The Morgan fingerprint density at radius 1 is 1.22 bits per heavy atom. The number of benzene rings is 1. The third-order valence-electron chi connectivity index (χ3n) is 3.65. The molecule has 0 spiro atoms. The lowest BCUT2D eigenvalue weighted by atomic mass is 10.2. The third kappa shape index (κ3) is 3.01. The van der Waals surface area contributed by atoms with Gasteiger partial charge in [-0.25, -0.2) is 22.6 Å². The number of hydrogen-bond donors (Lipinski definition) is 1. The summed E-state index contributed by atoms with van der Waals surface area (Å²) in [5.74, 6) is 0. The van der Waals surface area contributed by atoms with E-state index in [1.54, 1.807) is 23.6 Å². The van der Waals surface area contributed by atoms with Gasteiger partial charge in [0.1, 0.15) is 5.01 Å². The van der Waals surface area contributed by atoms with Crippen molar-refractivity contribution in [3.05, 3.63) is 45.7 Å². The second-order valence-electron chi connectivity index (χ2n) is 5.55. The smallest absolute Gasteiger partial charge is 0.223 e. The standard InChI is InChI=1S/C15H18N4O2S2/c1-9-5-6-14(10(2)7-9)23(20,21)16-8-13-11(3)17-15-19(13)18-12(4)22-15/h5-7,16H,8H2,1-4H3. The van der Waals surface area contributed by atoms with Crippen molar-refractivity contribution in [1.82, 2.24) is 19.3 Å². The Labute approximate surface area is 139 Å². The molecule has 2 heterocycles. The molecule has 0 radical (unpaired) electrons. The van der Waals surface area contributed by atoms with E-state index in [-0.39, 0.29) is 6.54 Å². The molecule has 0 aliphatic heterocycles. The van der Waals surface area contributed by atoms with Gasteiger partial charge >= 0.3 is 0 Å². The van der Waals surface area contributed by atoms with Crippen molar-refractivity contribution in [1.29, 1.82) is 0 Å². The van der Waals surface area contributed by atoms with Crippen molar-refractivity contribution in [2.75, 3.05) is 0 Å². The maximum absolute atomic E-state index is 12.6. The Morgan fingerprint density at radius 2 is 1.96 bits per heavy atom. The van der Waals surface area contributed by atoms with Crippen LogP contribution >= 0.6 is 11.3 Å². The van der Waals surface area contributed by atoms with Crippen molar-refractivity contribution in [3.8, 4) is 0 Å². The van der Waals surface area contributed by atoms with Crippen LogP contribution in [0.2, 0.25) is 0 Å². The minimum atomic E-state index is -3.58. The van der Waals surface area contributed by atoms with Crippen LogP contribution in [0.4, 0.5) is 0 Å². The molecule has 2 aromatic heterocycles. The number of nitrogens with one attached hydrogen (secondary N) is 1. The number of aromatic nitrogens is 3. The van der Waals surface area contributed by atoms with Gasteiger partial charge in [0.25, 0.3) is 0 Å². The van der Waals surface area contributed by atoms with E-state index < -0.39 is 10.0 Å². The summed E-state index contributed by atoms with van der Waals surface area (Å²) in [4.78, 5) is 5.50. The Bertz CT molecular complexity index is 986. The summed E-state index contributed by atoms with van der Waals surface area (Å²) < 4.78 is 29.5. The first-order chi connectivity index (χ1) is 10.8. The molecule has 1 aromatic carbocycles. The molecule has 23 heavy (non-hydrogen) atoms. The Hall–Kier alpha value is -1.77. The van der Waals surface area contributed by atoms with Gasteiger partial charge in [-0.05, 0) is 39.3 Å².